The van der Waals surface area contributed by atoms with Gasteiger partial charge in [-0.3, -0.25) is 9.69 Å². The Bertz CT molecular complexity index is 945. The number of carbonyl (C=O) groups is 1. The van der Waals surface area contributed by atoms with Gasteiger partial charge in [0.05, 0.1) is 11.3 Å². The molecule has 0 bridgehead atoms. The van der Waals surface area contributed by atoms with Gasteiger partial charge < -0.3 is 10.0 Å². The summed E-state index contributed by atoms with van der Waals surface area (Å²) in [7, 11) is 0. The molecule has 0 saturated carbocycles. The summed E-state index contributed by atoms with van der Waals surface area (Å²) in [6.07, 6.45) is 2.97. The van der Waals surface area contributed by atoms with Crippen LogP contribution in [0, 0.1) is 27.7 Å². The van der Waals surface area contributed by atoms with E-state index in [1.54, 1.807) is 11.8 Å². The predicted molar refractivity (Wildman–Crippen MR) is 122 cm³/mol. The van der Waals surface area contributed by atoms with Crippen LogP contribution in [0.3, 0.4) is 0 Å². The van der Waals surface area contributed by atoms with Crippen molar-refractivity contribution in [2.45, 2.75) is 73.3 Å². The van der Waals surface area contributed by atoms with E-state index in [2.05, 4.69) is 51.7 Å². The van der Waals surface area contributed by atoms with Crippen molar-refractivity contribution in [1.29, 1.82) is 0 Å². The van der Waals surface area contributed by atoms with E-state index in [9.17, 15) is 9.90 Å². The maximum absolute atomic E-state index is 13.0. The number of aryl methyl sites for hydroxylation is 4. The lowest BCUT2D eigenvalue weighted by Crippen LogP contribution is -2.38. The Balaban J connectivity index is 2.13. The van der Waals surface area contributed by atoms with E-state index in [1.807, 2.05) is 6.92 Å². The Labute approximate surface area is 180 Å². The number of unbranched alkanes of at least 4 members (excludes halogenated alkanes) is 2. The summed E-state index contributed by atoms with van der Waals surface area (Å²) in [4.78, 5) is 26.3. The van der Waals surface area contributed by atoms with Gasteiger partial charge in [-0.2, -0.15) is 4.98 Å². The fourth-order valence-electron chi connectivity index (χ4n) is 4.62. The average Bonchev–Trinajstić information content (AvgIpc) is 2.85. The van der Waals surface area contributed by atoms with E-state index in [4.69, 9.17) is 9.97 Å². The molecule has 1 amide bonds. The van der Waals surface area contributed by atoms with Crippen molar-refractivity contribution in [2.75, 3.05) is 22.9 Å². The number of benzene rings is 1. The van der Waals surface area contributed by atoms with Crippen LogP contribution in [0.25, 0.3) is 0 Å². The Morgan fingerprint density at radius 3 is 2.27 bits per heavy atom. The molecular formula is C24H34N4O2. The SMILES string of the molecule is CCCCCN1C(=O)C(C)(O)c2c(C)nc(N(CC)c3c(C)cc(C)cc3C)nc21. The summed E-state index contributed by atoms with van der Waals surface area (Å²) in [6, 6.07) is 4.33. The first-order valence-corrected chi connectivity index (χ1v) is 10.9. The number of hydrogen-bond donors (Lipinski definition) is 1. The van der Waals surface area contributed by atoms with E-state index in [-0.39, 0.29) is 5.91 Å². The molecule has 1 unspecified atom stereocenters. The zero-order valence-electron chi connectivity index (χ0n) is 19.3. The highest BCUT2D eigenvalue weighted by molar-refractivity contribution is 6.06. The number of aromatic nitrogens is 2. The molecule has 1 atom stereocenters. The number of fused-ring (bicyclic) bond motifs is 1. The molecular weight excluding hydrogens is 376 g/mol. The van der Waals surface area contributed by atoms with Crippen LogP contribution in [0.5, 0.6) is 0 Å². The minimum Gasteiger partial charge on any atom is -0.375 e. The number of rotatable bonds is 7. The standard InChI is InChI=1S/C24H34N4O2/c1-8-10-11-12-28-21-19(24(7,30)22(28)29)18(6)25-23(26-21)27(9-2)20-16(4)13-15(3)14-17(20)5/h13-14,30H,8-12H2,1-7H3. The molecule has 30 heavy (non-hydrogen) atoms. The number of carbonyl (C=O) groups excluding carboxylic acids is 1. The Morgan fingerprint density at radius 2 is 1.70 bits per heavy atom. The second kappa shape index (κ2) is 8.34. The second-order valence-corrected chi connectivity index (χ2v) is 8.54. The summed E-state index contributed by atoms with van der Waals surface area (Å²) < 4.78 is 0. The van der Waals surface area contributed by atoms with Gasteiger partial charge in [0.25, 0.3) is 5.91 Å². The van der Waals surface area contributed by atoms with Crippen molar-refractivity contribution in [3.8, 4) is 0 Å². The molecule has 0 fully saturated rings. The van der Waals surface area contributed by atoms with Gasteiger partial charge in [-0.15, -0.1) is 0 Å². The van der Waals surface area contributed by atoms with Crippen molar-refractivity contribution in [2.24, 2.45) is 0 Å². The number of hydrogen-bond acceptors (Lipinski definition) is 5. The lowest BCUT2D eigenvalue weighted by atomic mass is 9.98. The van der Waals surface area contributed by atoms with Crippen LogP contribution >= 0.6 is 0 Å². The van der Waals surface area contributed by atoms with Crippen molar-refractivity contribution in [3.05, 3.63) is 40.1 Å². The molecule has 1 aliphatic rings. The third-order valence-corrected chi connectivity index (χ3v) is 5.91. The van der Waals surface area contributed by atoms with E-state index >= 15 is 0 Å². The van der Waals surface area contributed by atoms with E-state index in [0.29, 0.717) is 36.1 Å². The lowest BCUT2D eigenvalue weighted by molar-refractivity contribution is -0.134. The van der Waals surface area contributed by atoms with Crippen molar-refractivity contribution < 1.29 is 9.90 Å². The molecule has 2 heterocycles. The zero-order valence-corrected chi connectivity index (χ0v) is 19.3. The monoisotopic (exact) mass is 410 g/mol. The number of amides is 1. The molecule has 1 aliphatic heterocycles. The molecule has 0 saturated heterocycles. The maximum Gasteiger partial charge on any atom is 0.264 e. The first-order chi connectivity index (χ1) is 14.1. The molecule has 6 heteroatoms. The van der Waals surface area contributed by atoms with Crippen molar-refractivity contribution >= 4 is 23.4 Å². The Morgan fingerprint density at radius 1 is 1.07 bits per heavy atom. The Hall–Kier alpha value is -2.47. The molecule has 0 spiro atoms. The first kappa shape index (κ1) is 22.2. The van der Waals surface area contributed by atoms with Gasteiger partial charge in [0.1, 0.15) is 5.82 Å². The highest BCUT2D eigenvalue weighted by Crippen LogP contribution is 2.42. The normalized spacial score (nSPS) is 18.1. The molecule has 0 radical (unpaired) electrons. The summed E-state index contributed by atoms with van der Waals surface area (Å²) >= 11 is 0. The van der Waals surface area contributed by atoms with Gasteiger partial charge in [0, 0.05) is 18.8 Å². The molecule has 2 aromatic rings. The highest BCUT2D eigenvalue weighted by Gasteiger charge is 2.49. The average molecular weight is 411 g/mol. The second-order valence-electron chi connectivity index (χ2n) is 8.54. The summed E-state index contributed by atoms with van der Waals surface area (Å²) in [5.74, 6) is 0.799. The molecule has 3 rings (SSSR count). The van der Waals surface area contributed by atoms with Crippen LogP contribution < -0.4 is 9.80 Å². The molecule has 6 nitrogen and oxygen atoms in total. The zero-order chi connectivity index (χ0) is 22.2. The van der Waals surface area contributed by atoms with Gasteiger partial charge in [-0.25, -0.2) is 4.98 Å². The van der Waals surface area contributed by atoms with Gasteiger partial charge in [-0.1, -0.05) is 37.5 Å². The van der Waals surface area contributed by atoms with Gasteiger partial charge in [0.2, 0.25) is 5.95 Å². The molecule has 1 aromatic carbocycles. The predicted octanol–water partition coefficient (Wildman–Crippen LogP) is 4.61. The fraction of sp³-hybridized carbons (Fsp3) is 0.542. The largest absolute Gasteiger partial charge is 0.375 e. The van der Waals surface area contributed by atoms with Crippen LogP contribution in [-0.4, -0.2) is 34.1 Å². The molecule has 162 valence electrons. The van der Waals surface area contributed by atoms with Crippen LogP contribution in [0.4, 0.5) is 17.5 Å². The third-order valence-electron chi connectivity index (χ3n) is 5.91. The minimum absolute atomic E-state index is 0.311. The van der Waals surface area contributed by atoms with Crippen molar-refractivity contribution in [3.63, 3.8) is 0 Å². The summed E-state index contributed by atoms with van der Waals surface area (Å²) in [5, 5.41) is 11.0. The summed E-state index contributed by atoms with van der Waals surface area (Å²) in [5.41, 5.74) is 4.23. The van der Waals surface area contributed by atoms with Crippen LogP contribution in [0.1, 0.15) is 68.0 Å². The highest BCUT2D eigenvalue weighted by atomic mass is 16.3. The van der Waals surface area contributed by atoms with Crippen LogP contribution in [0.2, 0.25) is 0 Å². The lowest BCUT2D eigenvalue weighted by Gasteiger charge is -2.27. The fourth-order valence-corrected chi connectivity index (χ4v) is 4.62. The van der Waals surface area contributed by atoms with Crippen LogP contribution in [-0.2, 0) is 10.4 Å². The quantitative estimate of drug-likeness (QED) is 0.675. The smallest absolute Gasteiger partial charge is 0.264 e. The minimum atomic E-state index is -1.59. The summed E-state index contributed by atoms with van der Waals surface area (Å²) in [6.45, 7) is 15.2. The molecule has 1 N–H and O–H groups in total. The number of nitrogens with zero attached hydrogens (tertiary/aromatic N) is 4. The molecule has 1 aromatic heterocycles. The topological polar surface area (TPSA) is 69.6 Å². The Kier molecular flexibility index (Phi) is 6.18. The number of aliphatic hydroxyl groups is 1. The van der Waals surface area contributed by atoms with E-state index in [1.165, 1.54) is 16.7 Å². The molecule has 0 aliphatic carbocycles. The first-order valence-electron chi connectivity index (χ1n) is 10.9. The van der Waals surface area contributed by atoms with E-state index < -0.39 is 5.60 Å². The number of anilines is 3. The van der Waals surface area contributed by atoms with Gasteiger partial charge >= 0.3 is 0 Å². The van der Waals surface area contributed by atoms with E-state index in [0.717, 1.165) is 24.9 Å². The van der Waals surface area contributed by atoms with Crippen LogP contribution in [0.15, 0.2) is 12.1 Å². The van der Waals surface area contributed by atoms with Gasteiger partial charge in [-0.05, 0) is 59.1 Å². The van der Waals surface area contributed by atoms with Gasteiger partial charge in [0.15, 0.2) is 5.60 Å². The third kappa shape index (κ3) is 3.69. The maximum atomic E-state index is 13.0. The van der Waals surface area contributed by atoms with Crippen molar-refractivity contribution in [1.82, 2.24) is 9.97 Å².